The smallest absolute Gasteiger partial charge is 0.255 e. The van der Waals surface area contributed by atoms with E-state index in [4.69, 9.17) is 9.88 Å². The van der Waals surface area contributed by atoms with Crippen LogP contribution in [0.1, 0.15) is 15.9 Å². The number of carbonyl (C=O) groups excluding carboxylic acids is 2. The molecular formula is C18H20FN3O5S. The van der Waals surface area contributed by atoms with Gasteiger partial charge in [0.2, 0.25) is 15.9 Å². The number of ether oxygens (including phenoxy) is 1. The summed E-state index contributed by atoms with van der Waals surface area (Å²) >= 11 is 0. The predicted molar refractivity (Wildman–Crippen MR) is 99.8 cm³/mol. The molecule has 0 saturated carbocycles. The molecule has 150 valence electrons. The van der Waals surface area contributed by atoms with E-state index in [-0.39, 0.29) is 47.4 Å². The van der Waals surface area contributed by atoms with E-state index in [2.05, 4.69) is 10.6 Å². The van der Waals surface area contributed by atoms with Crippen LogP contribution in [0.2, 0.25) is 0 Å². The SMILES string of the molecule is COc1ccc(S(N)(=O)=O)cc1C(=O)NCCNC(=O)Cc1ccc(F)cc1. The lowest BCUT2D eigenvalue weighted by atomic mass is 10.1. The lowest BCUT2D eigenvalue weighted by molar-refractivity contribution is -0.120. The van der Waals surface area contributed by atoms with Crippen molar-refractivity contribution in [2.45, 2.75) is 11.3 Å². The van der Waals surface area contributed by atoms with Gasteiger partial charge in [0, 0.05) is 13.1 Å². The molecule has 0 fully saturated rings. The number of carbonyl (C=O) groups is 2. The molecule has 0 atom stereocenters. The first-order chi connectivity index (χ1) is 13.2. The molecule has 4 N–H and O–H groups in total. The molecule has 0 radical (unpaired) electrons. The largest absolute Gasteiger partial charge is 0.496 e. The third kappa shape index (κ3) is 6.03. The summed E-state index contributed by atoms with van der Waals surface area (Å²) in [5.74, 6) is -1.05. The Kier molecular flexibility index (Phi) is 7.07. The number of halogens is 1. The quantitative estimate of drug-likeness (QED) is 0.549. The summed E-state index contributed by atoms with van der Waals surface area (Å²) in [6.07, 6.45) is 0.0818. The molecule has 0 aromatic heterocycles. The topological polar surface area (TPSA) is 128 Å². The Labute approximate surface area is 161 Å². The molecule has 0 aliphatic heterocycles. The maximum atomic E-state index is 12.8. The van der Waals surface area contributed by atoms with Crippen molar-refractivity contribution in [1.82, 2.24) is 10.6 Å². The first-order valence-corrected chi connectivity index (χ1v) is 9.75. The number of benzene rings is 2. The molecule has 2 rings (SSSR count). The van der Waals surface area contributed by atoms with Gasteiger partial charge in [-0.3, -0.25) is 9.59 Å². The van der Waals surface area contributed by atoms with E-state index in [9.17, 15) is 22.4 Å². The highest BCUT2D eigenvalue weighted by molar-refractivity contribution is 7.89. The fourth-order valence-corrected chi connectivity index (χ4v) is 2.90. The Morgan fingerprint density at radius 3 is 2.32 bits per heavy atom. The van der Waals surface area contributed by atoms with Crippen molar-refractivity contribution in [2.75, 3.05) is 20.2 Å². The zero-order valence-corrected chi connectivity index (χ0v) is 15.9. The average molecular weight is 409 g/mol. The molecule has 0 aliphatic rings. The molecule has 10 heteroatoms. The second-order valence-electron chi connectivity index (χ2n) is 5.82. The van der Waals surface area contributed by atoms with E-state index in [1.165, 1.54) is 43.5 Å². The van der Waals surface area contributed by atoms with E-state index in [1.54, 1.807) is 0 Å². The summed E-state index contributed by atoms with van der Waals surface area (Å²) in [5.41, 5.74) is 0.666. The van der Waals surface area contributed by atoms with Crippen LogP contribution < -0.4 is 20.5 Å². The van der Waals surface area contributed by atoms with Crippen LogP contribution in [0.15, 0.2) is 47.4 Å². The van der Waals surface area contributed by atoms with Gasteiger partial charge in [0.05, 0.1) is 24.0 Å². The Morgan fingerprint density at radius 1 is 1.07 bits per heavy atom. The first kappa shape index (κ1) is 21.3. The molecule has 0 unspecified atom stereocenters. The fourth-order valence-electron chi connectivity index (χ4n) is 2.36. The molecule has 2 amide bonds. The summed E-state index contributed by atoms with van der Waals surface area (Å²) in [5, 5.41) is 10.3. The van der Waals surface area contributed by atoms with E-state index in [0.29, 0.717) is 5.56 Å². The highest BCUT2D eigenvalue weighted by Gasteiger charge is 2.17. The highest BCUT2D eigenvalue weighted by Crippen LogP contribution is 2.21. The zero-order chi connectivity index (χ0) is 20.7. The molecule has 0 spiro atoms. The predicted octanol–water partition coefficient (Wildman–Crippen LogP) is 0.570. The van der Waals surface area contributed by atoms with Gasteiger partial charge in [-0.05, 0) is 35.9 Å². The molecule has 2 aromatic rings. The lowest BCUT2D eigenvalue weighted by Gasteiger charge is -2.11. The Morgan fingerprint density at radius 2 is 1.71 bits per heavy atom. The molecule has 0 aliphatic carbocycles. The van der Waals surface area contributed by atoms with Gasteiger partial charge < -0.3 is 15.4 Å². The van der Waals surface area contributed by atoms with Gasteiger partial charge in [0.25, 0.3) is 5.91 Å². The van der Waals surface area contributed by atoms with Crippen LogP contribution in [0.5, 0.6) is 5.75 Å². The number of primary sulfonamides is 1. The van der Waals surface area contributed by atoms with Crippen molar-refractivity contribution < 1.29 is 27.1 Å². The molecular weight excluding hydrogens is 389 g/mol. The fraction of sp³-hybridized carbons (Fsp3) is 0.222. The highest BCUT2D eigenvalue weighted by atomic mass is 32.2. The van der Waals surface area contributed by atoms with Crippen LogP contribution in [-0.4, -0.2) is 40.4 Å². The van der Waals surface area contributed by atoms with Gasteiger partial charge in [-0.2, -0.15) is 0 Å². The van der Waals surface area contributed by atoms with Gasteiger partial charge in [-0.1, -0.05) is 12.1 Å². The van der Waals surface area contributed by atoms with Crippen LogP contribution in [0, 0.1) is 5.82 Å². The van der Waals surface area contributed by atoms with Crippen molar-refractivity contribution in [2.24, 2.45) is 5.14 Å². The van der Waals surface area contributed by atoms with Crippen LogP contribution in [0.4, 0.5) is 4.39 Å². The molecule has 0 heterocycles. The Balaban J connectivity index is 1.88. The van der Waals surface area contributed by atoms with Crippen molar-refractivity contribution >= 4 is 21.8 Å². The number of rotatable bonds is 8. The minimum absolute atomic E-state index is 0.00617. The maximum absolute atomic E-state index is 12.8. The second-order valence-corrected chi connectivity index (χ2v) is 7.38. The minimum Gasteiger partial charge on any atom is -0.496 e. The summed E-state index contributed by atoms with van der Waals surface area (Å²) in [4.78, 5) is 23.9. The first-order valence-electron chi connectivity index (χ1n) is 8.21. The van der Waals surface area contributed by atoms with Gasteiger partial charge in [0.1, 0.15) is 11.6 Å². The second kappa shape index (κ2) is 9.29. The maximum Gasteiger partial charge on any atom is 0.255 e. The molecule has 2 aromatic carbocycles. The van der Waals surface area contributed by atoms with Crippen molar-refractivity contribution in [3.05, 3.63) is 59.4 Å². The average Bonchev–Trinajstić information content (AvgIpc) is 2.65. The van der Waals surface area contributed by atoms with Crippen LogP contribution in [0.25, 0.3) is 0 Å². The number of sulfonamides is 1. The summed E-state index contributed by atoms with van der Waals surface area (Å²) in [6.45, 7) is 0.264. The number of hydrogen-bond acceptors (Lipinski definition) is 5. The Bertz CT molecular complexity index is 962. The van der Waals surface area contributed by atoms with Crippen LogP contribution in [0.3, 0.4) is 0 Å². The van der Waals surface area contributed by atoms with Gasteiger partial charge in [-0.15, -0.1) is 0 Å². The monoisotopic (exact) mass is 409 g/mol. The van der Waals surface area contributed by atoms with E-state index < -0.39 is 15.9 Å². The number of methoxy groups -OCH3 is 1. The number of amides is 2. The zero-order valence-electron chi connectivity index (χ0n) is 15.1. The third-order valence-corrected chi connectivity index (χ3v) is 4.67. The van der Waals surface area contributed by atoms with E-state index >= 15 is 0 Å². The molecule has 0 saturated heterocycles. The number of nitrogens with one attached hydrogen (secondary N) is 2. The van der Waals surface area contributed by atoms with Gasteiger partial charge in [0.15, 0.2) is 0 Å². The van der Waals surface area contributed by atoms with Gasteiger partial charge >= 0.3 is 0 Å². The number of hydrogen-bond donors (Lipinski definition) is 3. The normalized spacial score (nSPS) is 11.0. The van der Waals surface area contributed by atoms with E-state index in [0.717, 1.165) is 6.07 Å². The molecule has 8 nitrogen and oxygen atoms in total. The summed E-state index contributed by atoms with van der Waals surface area (Å²) in [6, 6.07) is 9.26. The van der Waals surface area contributed by atoms with Gasteiger partial charge in [-0.25, -0.2) is 17.9 Å². The molecule has 0 bridgehead atoms. The van der Waals surface area contributed by atoms with Crippen LogP contribution >= 0.6 is 0 Å². The lowest BCUT2D eigenvalue weighted by Crippen LogP contribution is -2.35. The van der Waals surface area contributed by atoms with Crippen molar-refractivity contribution in [1.29, 1.82) is 0 Å². The molecule has 28 heavy (non-hydrogen) atoms. The van der Waals surface area contributed by atoms with Crippen molar-refractivity contribution in [3.63, 3.8) is 0 Å². The standard InChI is InChI=1S/C18H20FN3O5S/c1-27-16-7-6-14(28(20,25)26)11-15(16)18(24)22-9-8-21-17(23)10-12-2-4-13(19)5-3-12/h2-7,11H,8-10H2,1H3,(H,21,23)(H,22,24)(H2,20,25,26). The summed E-state index contributed by atoms with van der Waals surface area (Å²) < 4.78 is 40.8. The third-order valence-electron chi connectivity index (χ3n) is 3.75. The van der Waals surface area contributed by atoms with Crippen LogP contribution in [-0.2, 0) is 21.2 Å². The van der Waals surface area contributed by atoms with Crippen molar-refractivity contribution in [3.8, 4) is 5.75 Å². The summed E-state index contributed by atoms with van der Waals surface area (Å²) in [7, 11) is -2.62. The number of nitrogens with two attached hydrogens (primary N) is 1. The Hall–Kier alpha value is -2.98. The minimum atomic E-state index is -3.97. The van der Waals surface area contributed by atoms with E-state index in [1.807, 2.05) is 0 Å².